The molecule has 43 heavy (non-hydrogen) atoms. The number of carbonyl (C=O) groups is 2. The molecule has 2 aromatic rings. The number of aryl methyl sites for hydroxylation is 1. The van der Waals surface area contributed by atoms with Crippen molar-refractivity contribution in [2.75, 3.05) is 33.3 Å². The smallest absolute Gasteiger partial charge is 0.302 e. The zero-order valence-electron chi connectivity index (χ0n) is 26.8. The Balaban J connectivity index is 1.59. The van der Waals surface area contributed by atoms with E-state index < -0.39 is 0 Å². The molecule has 0 spiro atoms. The Morgan fingerprint density at radius 1 is 1.12 bits per heavy atom. The summed E-state index contributed by atoms with van der Waals surface area (Å²) < 4.78 is 11.8. The van der Waals surface area contributed by atoms with Crippen LogP contribution in [0.15, 0.2) is 67.3 Å². The summed E-state index contributed by atoms with van der Waals surface area (Å²) in [5, 5.41) is 0. The standard InChI is InChI=1S/C37H52N2O4/c1-6-21-38-22-20-37(31-17-13-18-33(23-31)42-5)25-32(24-35(34(37)27-38)43-29(4)40)39(26-28(2)3)36(41)19-12-8-11-16-30-14-9-7-10-15-30/h6-7,9-10,13-15,17-18,23,28,32,34-35H,1,8,11-12,16,19-22,24-27H2,2-5H3/t32-,34+,35?,37+/m1/s1. The van der Waals surface area contributed by atoms with Gasteiger partial charge in [-0.25, -0.2) is 0 Å². The highest BCUT2D eigenvalue weighted by atomic mass is 16.5. The lowest BCUT2D eigenvalue weighted by Crippen LogP contribution is -2.62. The molecule has 2 aliphatic rings. The molecule has 4 atom stereocenters. The summed E-state index contributed by atoms with van der Waals surface area (Å²) >= 11 is 0. The number of hydrogen-bond acceptors (Lipinski definition) is 5. The maximum Gasteiger partial charge on any atom is 0.302 e. The van der Waals surface area contributed by atoms with Crippen molar-refractivity contribution in [3.8, 4) is 5.75 Å². The van der Waals surface area contributed by atoms with Crippen molar-refractivity contribution in [2.45, 2.75) is 89.7 Å². The second-order valence-electron chi connectivity index (χ2n) is 13.0. The van der Waals surface area contributed by atoms with E-state index in [9.17, 15) is 9.59 Å². The molecule has 4 rings (SSSR count). The second-order valence-corrected chi connectivity index (χ2v) is 13.0. The lowest BCUT2D eigenvalue weighted by Gasteiger charge is -2.56. The van der Waals surface area contributed by atoms with E-state index in [0.29, 0.717) is 25.3 Å². The van der Waals surface area contributed by atoms with Crippen molar-refractivity contribution in [1.82, 2.24) is 9.80 Å². The van der Waals surface area contributed by atoms with Crippen LogP contribution in [-0.4, -0.2) is 67.1 Å². The Kier molecular flexibility index (Phi) is 11.9. The topological polar surface area (TPSA) is 59.1 Å². The number of benzene rings is 2. The molecule has 1 amide bonds. The maximum atomic E-state index is 14.0. The minimum atomic E-state index is -0.275. The van der Waals surface area contributed by atoms with Gasteiger partial charge in [0.1, 0.15) is 11.9 Å². The summed E-state index contributed by atoms with van der Waals surface area (Å²) in [6, 6.07) is 19.0. The fraction of sp³-hybridized carbons (Fsp3) is 0.568. The largest absolute Gasteiger partial charge is 0.497 e. The van der Waals surface area contributed by atoms with Crippen LogP contribution in [0.5, 0.6) is 5.75 Å². The number of unbranched alkanes of at least 4 members (excludes halogenated alkanes) is 2. The Morgan fingerprint density at radius 2 is 1.91 bits per heavy atom. The molecule has 1 saturated heterocycles. The van der Waals surface area contributed by atoms with E-state index in [1.165, 1.54) is 18.1 Å². The maximum absolute atomic E-state index is 14.0. The SMILES string of the molecule is C=CCN1CC[C@@]2(c3cccc(OC)c3)C[C@H](N(CC(C)C)C(=O)CCCCCc3ccccc3)CC(OC(C)=O)[C@@H]2C1. The van der Waals surface area contributed by atoms with Gasteiger partial charge < -0.3 is 14.4 Å². The van der Waals surface area contributed by atoms with Gasteiger partial charge in [0, 0.05) is 56.8 Å². The molecule has 1 unspecified atom stereocenters. The highest BCUT2D eigenvalue weighted by Crippen LogP contribution is 2.51. The van der Waals surface area contributed by atoms with Gasteiger partial charge in [0.25, 0.3) is 0 Å². The van der Waals surface area contributed by atoms with Crippen LogP contribution in [0.25, 0.3) is 0 Å². The van der Waals surface area contributed by atoms with E-state index in [1.54, 1.807) is 7.11 Å². The van der Waals surface area contributed by atoms with Crippen LogP contribution < -0.4 is 4.74 Å². The molecule has 234 valence electrons. The quantitative estimate of drug-likeness (QED) is 0.138. The molecular formula is C37H52N2O4. The highest BCUT2D eigenvalue weighted by molar-refractivity contribution is 5.76. The molecule has 2 fully saturated rings. The van der Waals surface area contributed by atoms with Crippen molar-refractivity contribution in [1.29, 1.82) is 0 Å². The van der Waals surface area contributed by atoms with Gasteiger partial charge >= 0.3 is 5.97 Å². The number of hydrogen-bond donors (Lipinski definition) is 0. The summed E-state index contributed by atoms with van der Waals surface area (Å²) in [5.74, 6) is 1.25. The normalized spacial score (nSPS) is 23.8. The van der Waals surface area contributed by atoms with Gasteiger partial charge in [-0.15, -0.1) is 6.58 Å². The molecule has 6 heteroatoms. The van der Waals surface area contributed by atoms with Gasteiger partial charge in [-0.1, -0.05) is 68.8 Å². The molecule has 1 aliphatic carbocycles. The fourth-order valence-corrected chi connectivity index (χ4v) is 7.51. The van der Waals surface area contributed by atoms with Gasteiger partial charge in [0.2, 0.25) is 5.91 Å². The number of fused-ring (bicyclic) bond motifs is 1. The Labute approximate surface area is 259 Å². The summed E-state index contributed by atoms with van der Waals surface area (Å²) in [5.41, 5.74) is 2.33. The van der Waals surface area contributed by atoms with E-state index in [2.05, 4.69) is 72.7 Å². The average molecular weight is 589 g/mol. The zero-order valence-corrected chi connectivity index (χ0v) is 26.8. The highest BCUT2D eigenvalue weighted by Gasteiger charge is 2.54. The first-order chi connectivity index (χ1) is 20.8. The summed E-state index contributed by atoms with van der Waals surface area (Å²) in [6.07, 6.45) is 8.74. The minimum absolute atomic E-state index is 0.00280. The summed E-state index contributed by atoms with van der Waals surface area (Å²) in [4.78, 5) is 31.0. The van der Waals surface area contributed by atoms with Crippen LogP contribution in [0.3, 0.4) is 0 Å². The first-order valence-corrected chi connectivity index (χ1v) is 16.2. The molecule has 1 saturated carbocycles. The first kappa shape index (κ1) is 32.8. The van der Waals surface area contributed by atoms with Crippen LogP contribution in [-0.2, 0) is 26.2 Å². The molecule has 0 N–H and O–H groups in total. The third-order valence-corrected chi connectivity index (χ3v) is 9.46. The van der Waals surface area contributed by atoms with E-state index >= 15 is 0 Å². The number of carbonyl (C=O) groups excluding carboxylic acids is 2. The number of rotatable bonds is 14. The van der Waals surface area contributed by atoms with Gasteiger partial charge in [-0.3, -0.25) is 14.5 Å². The van der Waals surface area contributed by atoms with E-state index in [-0.39, 0.29) is 35.4 Å². The van der Waals surface area contributed by atoms with Crippen molar-refractivity contribution in [2.24, 2.45) is 11.8 Å². The number of likely N-dealkylation sites (tertiary alicyclic amines) is 1. The summed E-state index contributed by atoms with van der Waals surface area (Å²) in [7, 11) is 1.70. The van der Waals surface area contributed by atoms with Crippen molar-refractivity contribution < 1.29 is 19.1 Å². The molecule has 0 aromatic heterocycles. The molecule has 2 aromatic carbocycles. The summed E-state index contributed by atoms with van der Waals surface area (Å²) in [6.45, 7) is 13.1. The molecule has 1 heterocycles. The number of nitrogens with zero attached hydrogens (tertiary/aromatic N) is 2. The molecule has 1 aliphatic heterocycles. The lowest BCUT2D eigenvalue weighted by molar-refractivity contribution is -0.161. The number of amides is 1. The van der Waals surface area contributed by atoms with Crippen molar-refractivity contribution >= 4 is 11.9 Å². The van der Waals surface area contributed by atoms with Gasteiger partial charge in [0.05, 0.1) is 7.11 Å². The number of methoxy groups -OCH3 is 1. The number of piperidine rings is 1. The Morgan fingerprint density at radius 3 is 2.60 bits per heavy atom. The second kappa shape index (κ2) is 15.6. The monoisotopic (exact) mass is 588 g/mol. The first-order valence-electron chi connectivity index (χ1n) is 16.2. The predicted molar refractivity (Wildman–Crippen MR) is 173 cm³/mol. The molecular weight excluding hydrogens is 536 g/mol. The van der Waals surface area contributed by atoms with Crippen LogP contribution in [0.2, 0.25) is 0 Å². The van der Waals surface area contributed by atoms with Crippen molar-refractivity contribution in [3.63, 3.8) is 0 Å². The molecule has 6 nitrogen and oxygen atoms in total. The fourth-order valence-electron chi connectivity index (χ4n) is 7.51. The molecule has 0 radical (unpaired) electrons. The predicted octanol–water partition coefficient (Wildman–Crippen LogP) is 6.82. The van der Waals surface area contributed by atoms with E-state index in [0.717, 1.165) is 63.9 Å². The van der Waals surface area contributed by atoms with Gasteiger partial charge in [0.15, 0.2) is 0 Å². The number of ether oxygens (including phenoxy) is 2. The zero-order chi connectivity index (χ0) is 30.8. The van der Waals surface area contributed by atoms with E-state index in [4.69, 9.17) is 9.47 Å². The van der Waals surface area contributed by atoms with Crippen LogP contribution in [0.1, 0.15) is 76.8 Å². The van der Waals surface area contributed by atoms with E-state index in [1.807, 2.05) is 18.2 Å². The van der Waals surface area contributed by atoms with Crippen LogP contribution in [0, 0.1) is 11.8 Å². The van der Waals surface area contributed by atoms with Gasteiger partial charge in [-0.2, -0.15) is 0 Å². The Bertz CT molecular complexity index is 1200. The lowest BCUT2D eigenvalue weighted by atomic mass is 9.56. The Hall–Kier alpha value is -3.12. The third kappa shape index (κ3) is 8.50. The average Bonchev–Trinajstić information content (AvgIpc) is 3.00. The minimum Gasteiger partial charge on any atom is -0.497 e. The number of esters is 1. The van der Waals surface area contributed by atoms with Crippen LogP contribution >= 0.6 is 0 Å². The van der Waals surface area contributed by atoms with Crippen molar-refractivity contribution in [3.05, 3.63) is 78.4 Å². The van der Waals surface area contributed by atoms with Crippen LogP contribution in [0.4, 0.5) is 0 Å². The third-order valence-electron chi connectivity index (χ3n) is 9.46. The van der Waals surface area contributed by atoms with Gasteiger partial charge in [-0.05, 0) is 67.8 Å². The molecule has 0 bridgehead atoms.